The molecule has 0 saturated carbocycles. The molecule has 1 heterocycles. The van der Waals surface area contributed by atoms with Gasteiger partial charge in [-0.05, 0) is 24.3 Å². The molecule has 1 aliphatic heterocycles. The fourth-order valence-corrected chi connectivity index (χ4v) is 2.72. The summed E-state index contributed by atoms with van der Waals surface area (Å²) in [6, 6.07) is 12.5. The molecule has 27 heavy (non-hydrogen) atoms. The first-order valence-corrected chi connectivity index (χ1v) is 8.27. The molecule has 0 saturated heterocycles. The monoisotopic (exact) mass is 367 g/mol. The number of amides is 4. The molecule has 4 amide bonds. The van der Waals surface area contributed by atoms with Crippen LogP contribution in [0, 0.1) is 0 Å². The third-order valence-corrected chi connectivity index (χ3v) is 4.06. The predicted molar refractivity (Wildman–Crippen MR) is 95.3 cm³/mol. The minimum atomic E-state index is -0.513. The molecule has 2 aromatic carbocycles. The van der Waals surface area contributed by atoms with Gasteiger partial charge in [-0.2, -0.15) is 0 Å². The van der Waals surface area contributed by atoms with Crippen LogP contribution in [0.2, 0.25) is 0 Å². The van der Waals surface area contributed by atoms with Crippen LogP contribution in [-0.4, -0.2) is 53.3 Å². The van der Waals surface area contributed by atoms with E-state index in [0.29, 0.717) is 0 Å². The zero-order chi connectivity index (χ0) is 19.4. The second-order valence-electron chi connectivity index (χ2n) is 5.87. The van der Waals surface area contributed by atoms with Gasteiger partial charge in [0.25, 0.3) is 17.7 Å². The Labute approximate surface area is 154 Å². The van der Waals surface area contributed by atoms with E-state index in [-0.39, 0.29) is 42.1 Å². The molecule has 2 aromatic rings. The predicted octanol–water partition coefficient (Wildman–Crippen LogP) is 0.534. The van der Waals surface area contributed by atoms with Crippen LogP contribution in [0.5, 0.6) is 5.75 Å². The van der Waals surface area contributed by atoms with E-state index in [2.05, 4.69) is 10.6 Å². The third-order valence-electron chi connectivity index (χ3n) is 4.06. The maximum atomic E-state index is 12.2. The van der Waals surface area contributed by atoms with Crippen molar-refractivity contribution in [1.29, 1.82) is 0 Å². The fourth-order valence-electron chi connectivity index (χ4n) is 2.72. The average molecular weight is 367 g/mol. The Morgan fingerprint density at radius 2 is 1.41 bits per heavy atom. The van der Waals surface area contributed by atoms with Gasteiger partial charge in [0, 0.05) is 13.1 Å². The zero-order valence-corrected chi connectivity index (χ0v) is 14.3. The number of carbonyl (C=O) groups excluding carboxylic acids is 4. The smallest absolute Gasteiger partial charge is 0.262 e. The van der Waals surface area contributed by atoms with Crippen molar-refractivity contribution >= 4 is 23.6 Å². The largest absolute Gasteiger partial charge is 0.507 e. The molecule has 0 unspecified atom stereocenters. The molecule has 1 aliphatic rings. The van der Waals surface area contributed by atoms with Crippen molar-refractivity contribution in [2.45, 2.75) is 0 Å². The molecule has 3 N–H and O–H groups in total. The molecular formula is C19H17N3O5. The van der Waals surface area contributed by atoms with Crippen LogP contribution < -0.4 is 10.6 Å². The Kier molecular flexibility index (Phi) is 5.16. The summed E-state index contributed by atoms with van der Waals surface area (Å²) in [6.07, 6.45) is 0. The first-order valence-electron chi connectivity index (χ1n) is 8.27. The first-order chi connectivity index (χ1) is 13.0. The lowest BCUT2D eigenvalue weighted by Gasteiger charge is -2.14. The fraction of sp³-hybridized carbons (Fsp3) is 0.158. The van der Waals surface area contributed by atoms with Crippen molar-refractivity contribution in [1.82, 2.24) is 15.5 Å². The van der Waals surface area contributed by atoms with E-state index < -0.39 is 23.6 Å². The number of phenolic OH excluding ortho intramolecular Hbond substituents is 1. The van der Waals surface area contributed by atoms with Crippen molar-refractivity contribution in [2.75, 3.05) is 19.6 Å². The van der Waals surface area contributed by atoms with Crippen LogP contribution in [-0.2, 0) is 4.79 Å². The highest BCUT2D eigenvalue weighted by Crippen LogP contribution is 2.21. The Morgan fingerprint density at radius 1 is 0.852 bits per heavy atom. The highest BCUT2D eigenvalue weighted by atomic mass is 16.3. The summed E-state index contributed by atoms with van der Waals surface area (Å²) in [4.78, 5) is 49.2. The van der Waals surface area contributed by atoms with Gasteiger partial charge in [0.05, 0.1) is 16.7 Å². The second-order valence-corrected chi connectivity index (χ2v) is 5.87. The standard InChI is InChI=1S/C19H17N3O5/c23-15-8-4-3-7-14(15)17(25)21-10-9-20-16(24)11-22-18(26)12-5-1-2-6-13(12)19(22)27/h1-8,23H,9-11H2,(H,20,24)(H,21,25). The van der Waals surface area contributed by atoms with Crippen LogP contribution in [0.25, 0.3) is 0 Å². The van der Waals surface area contributed by atoms with E-state index in [1.807, 2.05) is 0 Å². The Morgan fingerprint density at radius 3 is 2.04 bits per heavy atom. The molecule has 3 rings (SSSR count). The Balaban J connectivity index is 1.46. The highest BCUT2D eigenvalue weighted by molar-refractivity contribution is 6.22. The lowest BCUT2D eigenvalue weighted by molar-refractivity contribution is -0.121. The quantitative estimate of drug-likeness (QED) is 0.509. The highest BCUT2D eigenvalue weighted by Gasteiger charge is 2.36. The minimum Gasteiger partial charge on any atom is -0.507 e. The van der Waals surface area contributed by atoms with E-state index in [1.165, 1.54) is 12.1 Å². The van der Waals surface area contributed by atoms with E-state index >= 15 is 0 Å². The summed E-state index contributed by atoms with van der Waals surface area (Å²) in [5.41, 5.74) is 0.699. The number of hydrogen-bond acceptors (Lipinski definition) is 5. The van der Waals surface area contributed by atoms with Gasteiger partial charge in [-0.25, -0.2) is 0 Å². The molecule has 0 aromatic heterocycles. The molecule has 8 heteroatoms. The number of nitrogens with zero attached hydrogens (tertiary/aromatic N) is 1. The third kappa shape index (κ3) is 3.79. The van der Waals surface area contributed by atoms with Gasteiger partial charge in [-0.3, -0.25) is 24.1 Å². The van der Waals surface area contributed by atoms with Crippen molar-refractivity contribution < 1.29 is 24.3 Å². The number of nitrogens with one attached hydrogen (secondary N) is 2. The summed E-state index contributed by atoms with van der Waals surface area (Å²) in [6.45, 7) is -0.151. The van der Waals surface area contributed by atoms with Gasteiger partial charge in [0.1, 0.15) is 12.3 Å². The number of para-hydroxylation sites is 1. The molecular weight excluding hydrogens is 350 g/mol. The van der Waals surface area contributed by atoms with Gasteiger partial charge in [-0.1, -0.05) is 24.3 Å². The van der Waals surface area contributed by atoms with Gasteiger partial charge in [-0.15, -0.1) is 0 Å². The molecule has 8 nitrogen and oxygen atoms in total. The van der Waals surface area contributed by atoms with E-state index in [4.69, 9.17) is 0 Å². The zero-order valence-electron chi connectivity index (χ0n) is 14.3. The van der Waals surface area contributed by atoms with Crippen LogP contribution in [0.15, 0.2) is 48.5 Å². The van der Waals surface area contributed by atoms with Crippen molar-refractivity contribution in [2.24, 2.45) is 0 Å². The molecule has 138 valence electrons. The summed E-state index contributed by atoms with van der Waals surface area (Å²) in [5, 5.41) is 14.7. The summed E-state index contributed by atoms with van der Waals surface area (Å²) < 4.78 is 0. The Bertz CT molecular complexity index is 890. The number of imide groups is 1. The molecule has 0 bridgehead atoms. The van der Waals surface area contributed by atoms with Crippen molar-refractivity contribution in [3.05, 3.63) is 65.2 Å². The second kappa shape index (κ2) is 7.69. The maximum Gasteiger partial charge on any atom is 0.262 e. The van der Waals surface area contributed by atoms with Gasteiger partial charge in [0.15, 0.2) is 0 Å². The molecule has 0 radical (unpaired) electrons. The van der Waals surface area contributed by atoms with E-state index in [9.17, 15) is 24.3 Å². The van der Waals surface area contributed by atoms with Crippen LogP contribution in [0.3, 0.4) is 0 Å². The van der Waals surface area contributed by atoms with Gasteiger partial charge in [0.2, 0.25) is 5.91 Å². The average Bonchev–Trinajstić information content (AvgIpc) is 2.91. The van der Waals surface area contributed by atoms with Crippen LogP contribution in [0.4, 0.5) is 0 Å². The van der Waals surface area contributed by atoms with Crippen molar-refractivity contribution in [3.8, 4) is 5.75 Å². The van der Waals surface area contributed by atoms with Crippen molar-refractivity contribution in [3.63, 3.8) is 0 Å². The number of carbonyl (C=O) groups is 4. The first kappa shape index (κ1) is 18.1. The molecule has 0 fully saturated rings. The summed E-state index contributed by atoms with van der Waals surface area (Å²) in [7, 11) is 0. The SMILES string of the molecule is O=C(CN1C(=O)c2ccccc2C1=O)NCCNC(=O)c1ccccc1O. The number of phenols is 1. The summed E-state index contributed by atoms with van der Waals surface area (Å²) in [5.74, 6) is -2.12. The maximum absolute atomic E-state index is 12.2. The summed E-state index contributed by atoms with van der Waals surface area (Å²) >= 11 is 0. The number of rotatable bonds is 6. The number of fused-ring (bicyclic) bond motifs is 1. The number of aromatic hydroxyl groups is 1. The molecule has 0 spiro atoms. The number of benzene rings is 2. The normalized spacial score (nSPS) is 12.7. The topological polar surface area (TPSA) is 116 Å². The Hall–Kier alpha value is -3.68. The van der Waals surface area contributed by atoms with E-state index in [1.54, 1.807) is 36.4 Å². The lowest BCUT2D eigenvalue weighted by Crippen LogP contribution is -2.42. The number of hydrogen-bond donors (Lipinski definition) is 3. The van der Waals surface area contributed by atoms with E-state index in [0.717, 1.165) is 4.90 Å². The van der Waals surface area contributed by atoms with Gasteiger partial charge < -0.3 is 15.7 Å². The molecule has 0 atom stereocenters. The molecule has 0 aliphatic carbocycles. The van der Waals surface area contributed by atoms with Crippen LogP contribution >= 0.6 is 0 Å². The lowest BCUT2D eigenvalue weighted by atomic mass is 10.1. The minimum absolute atomic E-state index is 0.112. The van der Waals surface area contributed by atoms with Crippen LogP contribution in [0.1, 0.15) is 31.1 Å². The van der Waals surface area contributed by atoms with Gasteiger partial charge >= 0.3 is 0 Å².